The van der Waals surface area contributed by atoms with Gasteiger partial charge >= 0.3 is 6.18 Å². The molecule has 9 heteroatoms. The number of hydrogen-bond donors (Lipinski definition) is 2. The normalized spacial score (nSPS) is 17.1. The van der Waals surface area contributed by atoms with E-state index < -0.39 is 11.7 Å². The molecule has 0 amide bonds. The molecule has 1 saturated heterocycles. The van der Waals surface area contributed by atoms with Gasteiger partial charge in [0.2, 0.25) is 0 Å². The number of alkyl halides is 3. The summed E-state index contributed by atoms with van der Waals surface area (Å²) in [5.74, 6) is 0.997. The molecule has 1 fully saturated rings. The standard InChI is InChI=1S/C18H27F3N4O.HI/c1-14(13-25-6-8-26-9-7-25)11-23-17(22-2)24-12-15-4-3-5-16(10-15)18(19,20)21;/h3-5,10,14H,6-9,11-13H2,1-2H3,(H2,22,23,24);1H. The van der Waals surface area contributed by atoms with E-state index in [9.17, 15) is 13.2 Å². The molecule has 1 atom stereocenters. The van der Waals surface area contributed by atoms with Crippen LogP contribution < -0.4 is 10.6 Å². The SMILES string of the molecule is CN=C(NCc1cccc(C(F)(F)F)c1)NCC(C)CN1CCOCC1.I. The zero-order valence-corrected chi connectivity index (χ0v) is 18.0. The summed E-state index contributed by atoms with van der Waals surface area (Å²) in [7, 11) is 1.65. The van der Waals surface area contributed by atoms with Gasteiger partial charge in [-0.05, 0) is 23.6 Å². The fourth-order valence-electron chi connectivity index (χ4n) is 2.82. The number of nitrogens with zero attached hydrogens (tertiary/aromatic N) is 2. The molecule has 5 nitrogen and oxygen atoms in total. The van der Waals surface area contributed by atoms with Gasteiger partial charge in [0.25, 0.3) is 0 Å². The van der Waals surface area contributed by atoms with Gasteiger partial charge in [-0.25, -0.2) is 0 Å². The minimum atomic E-state index is -4.33. The Hall–Kier alpha value is -1.07. The number of ether oxygens (including phenoxy) is 1. The second kappa shape index (κ2) is 11.7. The molecule has 2 N–H and O–H groups in total. The predicted octanol–water partition coefficient (Wildman–Crippen LogP) is 2.96. The molecule has 1 aromatic rings. The van der Waals surface area contributed by atoms with Crippen molar-refractivity contribution >= 4 is 29.9 Å². The zero-order valence-electron chi connectivity index (χ0n) is 15.7. The van der Waals surface area contributed by atoms with Crippen molar-refractivity contribution in [2.45, 2.75) is 19.6 Å². The van der Waals surface area contributed by atoms with E-state index in [1.165, 1.54) is 6.07 Å². The monoisotopic (exact) mass is 500 g/mol. The van der Waals surface area contributed by atoms with Crippen LogP contribution in [0.4, 0.5) is 13.2 Å². The van der Waals surface area contributed by atoms with E-state index in [0.29, 0.717) is 17.4 Å². The van der Waals surface area contributed by atoms with Crippen molar-refractivity contribution in [1.29, 1.82) is 0 Å². The largest absolute Gasteiger partial charge is 0.416 e. The maximum atomic E-state index is 12.8. The van der Waals surface area contributed by atoms with Crippen molar-refractivity contribution in [3.05, 3.63) is 35.4 Å². The van der Waals surface area contributed by atoms with Gasteiger partial charge in [-0.1, -0.05) is 19.1 Å². The van der Waals surface area contributed by atoms with Crippen LogP contribution in [0.2, 0.25) is 0 Å². The third kappa shape index (κ3) is 8.65. The first-order chi connectivity index (χ1) is 12.4. The molecule has 0 spiro atoms. The lowest BCUT2D eigenvalue weighted by atomic mass is 10.1. The van der Waals surface area contributed by atoms with Crippen molar-refractivity contribution in [3.8, 4) is 0 Å². The Balaban J connectivity index is 0.00000364. The number of rotatable bonds is 6. The summed E-state index contributed by atoms with van der Waals surface area (Å²) in [4.78, 5) is 6.50. The molecule has 0 aliphatic carbocycles. The van der Waals surface area contributed by atoms with Crippen LogP contribution in [0.25, 0.3) is 0 Å². The molecule has 1 aliphatic heterocycles. The van der Waals surface area contributed by atoms with E-state index in [0.717, 1.165) is 51.5 Å². The second-order valence-corrected chi connectivity index (χ2v) is 6.52. The molecule has 0 radical (unpaired) electrons. The van der Waals surface area contributed by atoms with Crippen molar-refractivity contribution in [2.75, 3.05) is 46.4 Å². The molecule has 154 valence electrons. The molecule has 2 rings (SSSR count). The predicted molar refractivity (Wildman–Crippen MR) is 111 cm³/mol. The molecule has 1 unspecified atom stereocenters. The molecule has 0 bridgehead atoms. The number of halogens is 4. The lowest BCUT2D eigenvalue weighted by Gasteiger charge is -2.29. The first kappa shape index (κ1) is 24.0. The average Bonchev–Trinajstić information content (AvgIpc) is 2.62. The summed E-state index contributed by atoms with van der Waals surface area (Å²) in [6.45, 7) is 7.60. The van der Waals surface area contributed by atoms with E-state index in [4.69, 9.17) is 4.74 Å². The van der Waals surface area contributed by atoms with Crippen molar-refractivity contribution in [2.24, 2.45) is 10.9 Å². The highest BCUT2D eigenvalue weighted by atomic mass is 127. The van der Waals surface area contributed by atoms with Crippen LogP contribution in [0.5, 0.6) is 0 Å². The van der Waals surface area contributed by atoms with Crippen molar-refractivity contribution < 1.29 is 17.9 Å². The summed E-state index contributed by atoms with van der Waals surface area (Å²) >= 11 is 0. The van der Waals surface area contributed by atoms with Crippen LogP contribution >= 0.6 is 24.0 Å². The fraction of sp³-hybridized carbons (Fsp3) is 0.611. The fourth-order valence-corrected chi connectivity index (χ4v) is 2.82. The average molecular weight is 500 g/mol. The van der Waals surface area contributed by atoms with Gasteiger partial charge in [-0.3, -0.25) is 9.89 Å². The minimum Gasteiger partial charge on any atom is -0.379 e. The lowest BCUT2D eigenvalue weighted by molar-refractivity contribution is -0.137. The van der Waals surface area contributed by atoms with E-state index >= 15 is 0 Å². The van der Waals surface area contributed by atoms with Gasteiger partial charge in [-0.2, -0.15) is 13.2 Å². The van der Waals surface area contributed by atoms with E-state index in [1.54, 1.807) is 13.1 Å². The highest BCUT2D eigenvalue weighted by molar-refractivity contribution is 14.0. The Morgan fingerprint density at radius 2 is 1.96 bits per heavy atom. The first-order valence-corrected chi connectivity index (χ1v) is 8.79. The van der Waals surface area contributed by atoms with Crippen LogP contribution in [0, 0.1) is 5.92 Å². The number of nitrogens with one attached hydrogen (secondary N) is 2. The molecule has 1 heterocycles. The maximum absolute atomic E-state index is 12.8. The summed E-state index contributed by atoms with van der Waals surface area (Å²) in [5, 5.41) is 6.29. The van der Waals surface area contributed by atoms with Crippen LogP contribution in [-0.4, -0.2) is 57.3 Å². The van der Waals surface area contributed by atoms with Crippen molar-refractivity contribution in [1.82, 2.24) is 15.5 Å². The van der Waals surface area contributed by atoms with Gasteiger partial charge in [0, 0.05) is 39.8 Å². The second-order valence-electron chi connectivity index (χ2n) is 6.52. The molecule has 0 saturated carbocycles. The molecular formula is C18H28F3IN4O. The quantitative estimate of drug-likeness (QED) is 0.359. The Morgan fingerprint density at radius 1 is 1.26 bits per heavy atom. The van der Waals surface area contributed by atoms with Crippen LogP contribution in [-0.2, 0) is 17.5 Å². The molecule has 1 aromatic carbocycles. The summed E-state index contributed by atoms with van der Waals surface area (Å²) in [6.07, 6.45) is -4.33. The summed E-state index contributed by atoms with van der Waals surface area (Å²) < 4.78 is 43.6. The third-order valence-corrected chi connectivity index (χ3v) is 4.23. The minimum absolute atomic E-state index is 0. The third-order valence-electron chi connectivity index (χ3n) is 4.23. The van der Waals surface area contributed by atoms with Gasteiger partial charge in [0.1, 0.15) is 0 Å². The smallest absolute Gasteiger partial charge is 0.379 e. The van der Waals surface area contributed by atoms with E-state index in [1.807, 2.05) is 0 Å². The highest BCUT2D eigenvalue weighted by Crippen LogP contribution is 2.29. The van der Waals surface area contributed by atoms with Gasteiger partial charge in [0.15, 0.2) is 5.96 Å². The Labute approximate surface area is 175 Å². The van der Waals surface area contributed by atoms with Gasteiger partial charge < -0.3 is 15.4 Å². The lowest BCUT2D eigenvalue weighted by Crippen LogP contribution is -2.43. The number of benzene rings is 1. The van der Waals surface area contributed by atoms with Gasteiger partial charge in [-0.15, -0.1) is 24.0 Å². The maximum Gasteiger partial charge on any atom is 0.416 e. The molecule has 27 heavy (non-hydrogen) atoms. The Bertz CT molecular complexity index is 592. The van der Waals surface area contributed by atoms with Crippen LogP contribution in [0.1, 0.15) is 18.1 Å². The topological polar surface area (TPSA) is 48.9 Å². The first-order valence-electron chi connectivity index (χ1n) is 8.79. The Morgan fingerprint density at radius 3 is 2.59 bits per heavy atom. The number of aliphatic imine (C=N–C) groups is 1. The number of guanidine groups is 1. The molecular weight excluding hydrogens is 472 g/mol. The van der Waals surface area contributed by atoms with Gasteiger partial charge in [0.05, 0.1) is 18.8 Å². The van der Waals surface area contributed by atoms with Crippen LogP contribution in [0.3, 0.4) is 0 Å². The highest BCUT2D eigenvalue weighted by Gasteiger charge is 2.30. The van der Waals surface area contributed by atoms with E-state index in [2.05, 4.69) is 27.4 Å². The van der Waals surface area contributed by atoms with E-state index in [-0.39, 0.29) is 30.5 Å². The zero-order chi connectivity index (χ0) is 19.0. The molecule has 0 aromatic heterocycles. The summed E-state index contributed by atoms with van der Waals surface area (Å²) in [5.41, 5.74) is -0.0805. The number of morpholine rings is 1. The van der Waals surface area contributed by atoms with Crippen LogP contribution in [0.15, 0.2) is 29.3 Å². The molecule has 1 aliphatic rings. The van der Waals surface area contributed by atoms with Crippen molar-refractivity contribution in [3.63, 3.8) is 0 Å². The summed E-state index contributed by atoms with van der Waals surface area (Å²) in [6, 6.07) is 5.31. The Kier molecular flexibility index (Phi) is 10.4. The number of hydrogen-bond acceptors (Lipinski definition) is 3.